The number of hydrogen-bond acceptors (Lipinski definition) is 5. The van der Waals surface area contributed by atoms with Crippen molar-refractivity contribution in [1.82, 2.24) is 0 Å². The van der Waals surface area contributed by atoms with E-state index in [1.54, 1.807) is 36.4 Å². The van der Waals surface area contributed by atoms with Gasteiger partial charge >= 0.3 is 0 Å². The standard InChI is InChI=1S/C29H33N3O4S/c1-29(2,3)21-11-16-26-25(19-21)32(37(34,35)24-9-5-4-6-10-24)20-27(36-26)28(33)30-22-12-14-23(15-13-22)31-17-7-8-18-31/h4-6,9-16,19,27H,7-8,17-18,20H2,1-3H3,(H,30,33)/t27-/m1/s1. The summed E-state index contributed by atoms with van der Waals surface area (Å²) in [6.07, 6.45) is 1.38. The number of rotatable bonds is 5. The van der Waals surface area contributed by atoms with E-state index in [1.807, 2.05) is 36.4 Å². The van der Waals surface area contributed by atoms with Gasteiger partial charge in [0, 0.05) is 24.5 Å². The van der Waals surface area contributed by atoms with Crippen molar-refractivity contribution in [2.75, 3.05) is 34.2 Å². The summed E-state index contributed by atoms with van der Waals surface area (Å²) in [5, 5.41) is 2.90. The highest BCUT2D eigenvalue weighted by molar-refractivity contribution is 7.92. The molecule has 0 aromatic heterocycles. The van der Waals surface area contributed by atoms with E-state index in [1.165, 1.54) is 17.1 Å². The molecule has 2 aliphatic rings. The van der Waals surface area contributed by atoms with Crippen molar-refractivity contribution in [2.45, 2.75) is 50.0 Å². The van der Waals surface area contributed by atoms with Crippen LogP contribution in [0.2, 0.25) is 0 Å². The van der Waals surface area contributed by atoms with E-state index in [0.717, 1.165) is 24.3 Å². The molecule has 0 radical (unpaired) electrons. The minimum Gasteiger partial charge on any atom is -0.476 e. The van der Waals surface area contributed by atoms with Gasteiger partial charge in [0.2, 0.25) is 0 Å². The Morgan fingerprint density at radius 1 is 0.946 bits per heavy atom. The smallest absolute Gasteiger partial charge is 0.267 e. The van der Waals surface area contributed by atoms with Gasteiger partial charge in [0.15, 0.2) is 6.10 Å². The van der Waals surface area contributed by atoms with Crippen molar-refractivity contribution in [1.29, 1.82) is 0 Å². The number of nitrogens with one attached hydrogen (secondary N) is 1. The predicted molar refractivity (Wildman–Crippen MR) is 147 cm³/mol. The van der Waals surface area contributed by atoms with Crippen LogP contribution in [0.25, 0.3) is 0 Å². The van der Waals surface area contributed by atoms with Crippen LogP contribution in [0.1, 0.15) is 39.2 Å². The van der Waals surface area contributed by atoms with Crippen LogP contribution in [0.3, 0.4) is 0 Å². The van der Waals surface area contributed by atoms with Crippen LogP contribution in [0.4, 0.5) is 17.1 Å². The number of benzene rings is 3. The third-order valence-electron chi connectivity index (χ3n) is 6.92. The summed E-state index contributed by atoms with van der Waals surface area (Å²) < 4.78 is 34.8. The molecule has 0 aliphatic carbocycles. The molecule has 1 atom stereocenters. The zero-order chi connectivity index (χ0) is 26.2. The van der Waals surface area contributed by atoms with Crippen LogP contribution in [0.5, 0.6) is 5.75 Å². The summed E-state index contributed by atoms with van der Waals surface area (Å²) in [6, 6.07) is 21.5. The number of nitrogens with zero attached hydrogens (tertiary/aromatic N) is 2. The second kappa shape index (κ2) is 9.74. The molecule has 0 spiro atoms. The van der Waals surface area contributed by atoms with Gasteiger partial charge in [-0.3, -0.25) is 9.10 Å². The first-order valence-corrected chi connectivity index (χ1v) is 14.1. The Bertz CT molecular complexity index is 1380. The Kier molecular flexibility index (Phi) is 6.62. The van der Waals surface area contributed by atoms with Gasteiger partial charge in [-0.15, -0.1) is 0 Å². The van der Waals surface area contributed by atoms with Crippen molar-refractivity contribution >= 4 is 33.0 Å². The van der Waals surface area contributed by atoms with Gasteiger partial charge in [0.1, 0.15) is 5.75 Å². The van der Waals surface area contributed by atoms with Crippen LogP contribution >= 0.6 is 0 Å². The first-order valence-electron chi connectivity index (χ1n) is 12.7. The largest absolute Gasteiger partial charge is 0.476 e. The lowest BCUT2D eigenvalue weighted by atomic mass is 9.86. The number of ether oxygens (including phenoxy) is 1. The lowest BCUT2D eigenvalue weighted by Crippen LogP contribution is -2.49. The molecule has 0 saturated carbocycles. The van der Waals surface area contributed by atoms with Crippen LogP contribution < -0.4 is 19.3 Å². The lowest BCUT2D eigenvalue weighted by molar-refractivity contribution is -0.122. The maximum absolute atomic E-state index is 13.7. The van der Waals surface area contributed by atoms with Gasteiger partial charge in [-0.05, 0) is 72.4 Å². The summed E-state index contributed by atoms with van der Waals surface area (Å²) in [5.41, 5.74) is 3.00. The van der Waals surface area contributed by atoms with Crippen molar-refractivity contribution in [2.24, 2.45) is 0 Å². The Hall–Kier alpha value is -3.52. The van der Waals surface area contributed by atoms with Crippen LogP contribution in [-0.2, 0) is 20.2 Å². The van der Waals surface area contributed by atoms with Crippen molar-refractivity contribution < 1.29 is 17.9 Å². The SMILES string of the molecule is CC(C)(C)c1ccc2c(c1)N(S(=O)(=O)c1ccccc1)C[C@H](C(=O)Nc1ccc(N3CCCC3)cc1)O2. The van der Waals surface area contributed by atoms with E-state index in [0.29, 0.717) is 17.1 Å². The van der Waals surface area contributed by atoms with E-state index >= 15 is 0 Å². The quantitative estimate of drug-likeness (QED) is 0.503. The molecule has 194 valence electrons. The summed E-state index contributed by atoms with van der Waals surface area (Å²) in [4.78, 5) is 15.8. The molecule has 37 heavy (non-hydrogen) atoms. The van der Waals surface area contributed by atoms with Gasteiger partial charge in [-0.25, -0.2) is 8.42 Å². The Balaban J connectivity index is 1.43. The second-order valence-electron chi connectivity index (χ2n) is 10.6. The fourth-order valence-corrected chi connectivity index (χ4v) is 6.24. The molecule has 8 heteroatoms. The fourth-order valence-electron chi connectivity index (χ4n) is 4.76. The summed E-state index contributed by atoms with van der Waals surface area (Å²) in [6.45, 7) is 8.17. The van der Waals surface area contributed by atoms with Gasteiger partial charge in [-0.2, -0.15) is 0 Å². The number of anilines is 3. The molecule has 7 nitrogen and oxygen atoms in total. The van der Waals surface area contributed by atoms with Crippen molar-refractivity contribution in [3.05, 3.63) is 78.4 Å². The molecular formula is C29H33N3O4S. The van der Waals surface area contributed by atoms with Crippen molar-refractivity contribution in [3.63, 3.8) is 0 Å². The van der Waals surface area contributed by atoms with E-state index < -0.39 is 22.0 Å². The molecule has 1 fully saturated rings. The summed E-state index contributed by atoms with van der Waals surface area (Å²) >= 11 is 0. The fraction of sp³-hybridized carbons (Fsp3) is 0.345. The minimum absolute atomic E-state index is 0.129. The van der Waals surface area contributed by atoms with Gasteiger partial charge in [0.05, 0.1) is 17.1 Å². The third kappa shape index (κ3) is 5.16. The molecule has 1 amide bonds. The average Bonchev–Trinajstić information content (AvgIpc) is 3.43. The normalized spacial score (nSPS) is 17.8. The van der Waals surface area contributed by atoms with Crippen molar-refractivity contribution in [3.8, 4) is 5.75 Å². The monoisotopic (exact) mass is 519 g/mol. The number of amides is 1. The molecule has 2 heterocycles. The molecular weight excluding hydrogens is 486 g/mol. The first-order chi connectivity index (χ1) is 17.6. The maximum atomic E-state index is 13.7. The summed E-state index contributed by atoms with van der Waals surface area (Å²) in [5.74, 6) is -0.0315. The Labute approximate surface area is 219 Å². The number of fused-ring (bicyclic) bond motifs is 1. The second-order valence-corrected chi connectivity index (χ2v) is 12.5. The Morgan fingerprint density at radius 2 is 1.62 bits per heavy atom. The van der Waals surface area contributed by atoms with E-state index in [9.17, 15) is 13.2 Å². The number of carbonyl (C=O) groups is 1. The molecule has 1 N–H and O–H groups in total. The topological polar surface area (TPSA) is 79.0 Å². The average molecular weight is 520 g/mol. The highest BCUT2D eigenvalue weighted by Gasteiger charge is 2.38. The zero-order valence-corrected chi connectivity index (χ0v) is 22.3. The van der Waals surface area contributed by atoms with Gasteiger partial charge in [0.25, 0.3) is 15.9 Å². The van der Waals surface area contributed by atoms with E-state index in [2.05, 4.69) is 31.0 Å². The van der Waals surface area contributed by atoms with Gasteiger partial charge in [-0.1, -0.05) is 45.0 Å². The highest BCUT2D eigenvalue weighted by atomic mass is 32.2. The van der Waals surface area contributed by atoms with Crippen LogP contribution in [-0.4, -0.2) is 40.1 Å². The molecule has 1 saturated heterocycles. The Morgan fingerprint density at radius 3 is 2.27 bits per heavy atom. The zero-order valence-electron chi connectivity index (χ0n) is 21.5. The molecule has 5 rings (SSSR count). The van der Waals surface area contributed by atoms with Crippen LogP contribution in [0.15, 0.2) is 77.7 Å². The first kappa shape index (κ1) is 25.1. The van der Waals surface area contributed by atoms with E-state index in [-0.39, 0.29) is 16.9 Å². The maximum Gasteiger partial charge on any atom is 0.267 e. The van der Waals surface area contributed by atoms with Gasteiger partial charge < -0.3 is 15.0 Å². The summed E-state index contributed by atoms with van der Waals surface area (Å²) in [7, 11) is -3.92. The molecule has 3 aromatic carbocycles. The van der Waals surface area contributed by atoms with Crippen LogP contribution in [0, 0.1) is 0 Å². The molecule has 0 bridgehead atoms. The number of sulfonamides is 1. The third-order valence-corrected chi connectivity index (χ3v) is 8.72. The predicted octanol–water partition coefficient (Wildman–Crippen LogP) is 5.18. The number of hydrogen-bond donors (Lipinski definition) is 1. The number of carbonyl (C=O) groups excluding carboxylic acids is 1. The minimum atomic E-state index is -3.92. The molecule has 0 unspecified atom stereocenters. The molecule has 2 aliphatic heterocycles. The van der Waals surface area contributed by atoms with E-state index in [4.69, 9.17) is 4.74 Å². The highest BCUT2D eigenvalue weighted by Crippen LogP contribution is 2.40. The molecule has 3 aromatic rings. The lowest BCUT2D eigenvalue weighted by Gasteiger charge is -2.36.